The van der Waals surface area contributed by atoms with Crippen molar-refractivity contribution in [3.63, 3.8) is 0 Å². The number of allylic oxidation sites excluding steroid dienone is 1. The highest BCUT2D eigenvalue weighted by atomic mass is 16.5. The van der Waals surface area contributed by atoms with Crippen molar-refractivity contribution in [1.82, 2.24) is 0 Å². The molecule has 0 saturated carbocycles. The van der Waals surface area contributed by atoms with Crippen molar-refractivity contribution in [2.45, 2.75) is 13.8 Å². The van der Waals surface area contributed by atoms with E-state index in [1.54, 1.807) is 13.8 Å². The molecule has 0 aromatic rings. The Balaban J connectivity index is 4.41. The number of diazo groups is 1. The van der Waals surface area contributed by atoms with Gasteiger partial charge in [0, 0.05) is 0 Å². The van der Waals surface area contributed by atoms with Crippen molar-refractivity contribution >= 4 is 0 Å². The molecule has 4 nitrogen and oxygen atoms in total. The van der Waals surface area contributed by atoms with Crippen molar-refractivity contribution in [3.05, 3.63) is 16.6 Å². The molecule has 50 valence electrons. The van der Waals surface area contributed by atoms with E-state index < -0.39 is 5.95 Å². The molecule has 0 heterocycles. The maximum atomic E-state index is 8.36. The predicted octanol–water partition coefficient (Wildman–Crippen LogP) is 1.78. The van der Waals surface area contributed by atoms with E-state index in [4.69, 9.17) is 15.6 Å². The van der Waals surface area contributed by atoms with Gasteiger partial charge < -0.3 is 10.2 Å². The molecule has 2 N–H and O–H groups in total. The minimum absolute atomic E-state index is 0.102. The van der Waals surface area contributed by atoms with Crippen LogP contribution in [0.3, 0.4) is 0 Å². The lowest BCUT2D eigenvalue weighted by atomic mass is 10.1. The fraction of sp³-hybridized carbons (Fsp3) is 0.600. The molecule has 0 aliphatic rings. The quantitative estimate of drug-likeness (QED) is 0.418. The van der Waals surface area contributed by atoms with Crippen molar-refractivity contribution in [3.8, 4) is 0 Å². The summed E-state index contributed by atoms with van der Waals surface area (Å²) in [6.45, 7) is 3.36. The maximum Gasteiger partial charge on any atom is 0.442 e. The van der Waals surface area contributed by atoms with Gasteiger partial charge >= 0.3 is 11.6 Å². The summed E-state index contributed by atoms with van der Waals surface area (Å²) in [5, 5.41) is 24.8. The fourth-order valence-electron chi connectivity index (χ4n) is 0.418. The lowest BCUT2D eigenvalue weighted by Gasteiger charge is -1.87. The number of nitrogens with zero attached hydrogens (tertiary/aromatic N) is 2. The van der Waals surface area contributed by atoms with Crippen LogP contribution < -0.4 is 0 Å². The van der Waals surface area contributed by atoms with Crippen LogP contribution in [-0.4, -0.2) is 10.2 Å². The highest BCUT2D eigenvalue weighted by Crippen LogP contribution is 2.12. The van der Waals surface area contributed by atoms with Crippen molar-refractivity contribution in [1.29, 1.82) is 5.39 Å². The zero-order chi connectivity index (χ0) is 7.44. The summed E-state index contributed by atoms with van der Waals surface area (Å²) in [7, 11) is 0. The van der Waals surface area contributed by atoms with Crippen LogP contribution in [0.25, 0.3) is 4.98 Å². The van der Waals surface area contributed by atoms with Crippen LogP contribution in [0.5, 0.6) is 0 Å². The Morgan fingerprint density at radius 3 is 1.89 bits per heavy atom. The Hall–Kier alpha value is -1.24. The predicted molar refractivity (Wildman–Crippen MR) is 32.2 cm³/mol. The highest BCUT2D eigenvalue weighted by molar-refractivity contribution is 5.10. The van der Waals surface area contributed by atoms with E-state index in [0.29, 0.717) is 0 Å². The first-order chi connectivity index (χ1) is 4.09. The Labute approximate surface area is 53.1 Å². The van der Waals surface area contributed by atoms with Gasteiger partial charge in [-0.15, -0.1) is 0 Å². The first-order valence-corrected chi connectivity index (χ1v) is 2.56. The largest absolute Gasteiger partial charge is 0.475 e. The van der Waals surface area contributed by atoms with E-state index in [1.807, 2.05) is 0 Å². The number of aliphatic hydroxyl groups excluding tert-OH is 1. The molecule has 0 rings (SSSR count). The summed E-state index contributed by atoms with van der Waals surface area (Å²) in [5.74, 6) is -1.10. The second-order valence-electron chi connectivity index (χ2n) is 1.96. The summed E-state index contributed by atoms with van der Waals surface area (Å²) >= 11 is 0. The maximum absolute atomic E-state index is 8.36. The van der Waals surface area contributed by atoms with Gasteiger partial charge in [0.15, 0.2) is 4.98 Å². The van der Waals surface area contributed by atoms with E-state index in [0.717, 1.165) is 0 Å². The second kappa shape index (κ2) is 2.92. The van der Waals surface area contributed by atoms with Gasteiger partial charge in [0.2, 0.25) is 5.39 Å². The minimum atomic E-state index is -0.924. The molecule has 0 radical (unpaired) electrons. The first kappa shape index (κ1) is 7.76. The molecule has 0 bridgehead atoms. The Morgan fingerprint density at radius 2 is 1.89 bits per heavy atom. The summed E-state index contributed by atoms with van der Waals surface area (Å²) in [5.41, 5.74) is -0.102. The van der Waals surface area contributed by atoms with Gasteiger partial charge in [-0.05, 0) is 0 Å². The molecule has 0 aromatic carbocycles. The van der Waals surface area contributed by atoms with Crippen LogP contribution in [0.2, 0.25) is 0 Å². The zero-order valence-electron chi connectivity index (χ0n) is 5.37. The SMILES string of the molecule is CC(C)C([N+]#N)=C(O)O. The van der Waals surface area contributed by atoms with E-state index in [9.17, 15) is 0 Å². The second-order valence-corrected chi connectivity index (χ2v) is 1.96. The van der Waals surface area contributed by atoms with E-state index >= 15 is 0 Å². The zero-order valence-corrected chi connectivity index (χ0v) is 5.37. The van der Waals surface area contributed by atoms with Gasteiger partial charge in [-0.25, -0.2) is 0 Å². The molecule has 0 atom stereocenters. The fourth-order valence-corrected chi connectivity index (χ4v) is 0.418. The van der Waals surface area contributed by atoms with Gasteiger partial charge in [0.1, 0.15) is 0 Å². The summed E-state index contributed by atoms with van der Waals surface area (Å²) in [6, 6.07) is 0. The number of aliphatic hydroxyl groups is 2. The Kier molecular flexibility index (Phi) is 2.52. The third-order valence-corrected chi connectivity index (χ3v) is 0.884. The first-order valence-electron chi connectivity index (χ1n) is 2.56. The van der Waals surface area contributed by atoms with Crippen LogP contribution in [0, 0.1) is 11.3 Å². The van der Waals surface area contributed by atoms with Gasteiger partial charge in [-0.1, -0.05) is 13.8 Å². The molecular weight excluding hydrogens is 120 g/mol. The van der Waals surface area contributed by atoms with Gasteiger partial charge in [-0.2, -0.15) is 0 Å². The molecule has 0 aromatic heterocycles. The third-order valence-electron chi connectivity index (χ3n) is 0.884. The van der Waals surface area contributed by atoms with Gasteiger partial charge in [0.05, 0.1) is 5.92 Å². The number of hydrogen-bond acceptors (Lipinski definition) is 3. The van der Waals surface area contributed by atoms with Crippen LogP contribution >= 0.6 is 0 Å². The van der Waals surface area contributed by atoms with Crippen molar-refractivity contribution in [2.75, 3.05) is 0 Å². The van der Waals surface area contributed by atoms with E-state index in [1.165, 1.54) is 0 Å². The molecule has 0 fully saturated rings. The molecule has 0 aliphatic carbocycles. The average Bonchev–Trinajstić information content (AvgIpc) is 1.64. The van der Waals surface area contributed by atoms with Crippen LogP contribution in [-0.2, 0) is 0 Å². The molecule has 0 aliphatic heterocycles. The molecule has 9 heavy (non-hydrogen) atoms. The molecule has 0 amide bonds. The van der Waals surface area contributed by atoms with Gasteiger partial charge in [0.25, 0.3) is 0 Å². The van der Waals surface area contributed by atoms with E-state index in [-0.39, 0.29) is 11.6 Å². The molecule has 0 unspecified atom stereocenters. The smallest absolute Gasteiger partial charge is 0.442 e. The number of rotatable bonds is 1. The normalized spacial score (nSPS) is 8.67. The lowest BCUT2D eigenvalue weighted by Crippen LogP contribution is -1.93. The highest BCUT2D eigenvalue weighted by Gasteiger charge is 2.22. The molecule has 4 heteroatoms. The molecule has 0 spiro atoms. The average molecular weight is 129 g/mol. The third kappa shape index (κ3) is 2.00. The Morgan fingerprint density at radius 1 is 1.44 bits per heavy atom. The topological polar surface area (TPSA) is 68.6 Å². The summed E-state index contributed by atoms with van der Waals surface area (Å²) in [6.07, 6.45) is 0. The van der Waals surface area contributed by atoms with Crippen molar-refractivity contribution in [2.24, 2.45) is 5.92 Å². The van der Waals surface area contributed by atoms with Crippen LogP contribution in [0.1, 0.15) is 13.8 Å². The van der Waals surface area contributed by atoms with E-state index in [2.05, 4.69) is 4.98 Å². The number of hydrogen-bond donors (Lipinski definition) is 2. The monoisotopic (exact) mass is 129 g/mol. The van der Waals surface area contributed by atoms with Crippen LogP contribution in [0.4, 0.5) is 0 Å². The molecular formula is C5H9N2O2+. The summed E-state index contributed by atoms with van der Waals surface area (Å²) in [4.78, 5) is 2.67. The van der Waals surface area contributed by atoms with Gasteiger partial charge in [-0.3, -0.25) is 0 Å². The Bertz CT molecular complexity index is 162. The van der Waals surface area contributed by atoms with Crippen LogP contribution in [0.15, 0.2) is 11.6 Å². The minimum Gasteiger partial charge on any atom is -0.475 e. The lowest BCUT2D eigenvalue weighted by molar-refractivity contribution is 0.182. The van der Waals surface area contributed by atoms with Crippen molar-refractivity contribution < 1.29 is 10.2 Å². The summed E-state index contributed by atoms with van der Waals surface area (Å²) < 4.78 is 0. The molecule has 0 saturated heterocycles. The standard InChI is InChI=1S/C5H8N2O2/c1-3(2)4(7-6)5(8)9/h3H,1-2H3,(H-,8,9)/p+1.